The number of carbonyl (C=O) groups excluding carboxylic acids is 2. The van der Waals surface area contributed by atoms with Gasteiger partial charge in [0.25, 0.3) is 5.91 Å². The Morgan fingerprint density at radius 1 is 1.15 bits per heavy atom. The summed E-state index contributed by atoms with van der Waals surface area (Å²) < 4.78 is 19.6. The molecule has 26 heavy (non-hydrogen) atoms. The molecular formula is C18H15FN4O3. The minimum Gasteiger partial charge on any atom is -0.495 e. The molecule has 0 aliphatic heterocycles. The smallest absolute Gasteiger partial charge is 0.276 e. The standard InChI is InChI=1S/C18H15FN4O3/c1-26-16-7-2-11(17(20)24)10-15(16)21-18(25)14-8-9-23(22-14)13-5-3-12(19)4-6-13/h2-10H,1H3,(H2,20,24)(H,21,25). The van der Waals surface area contributed by atoms with Crippen LogP contribution in [0, 0.1) is 5.82 Å². The van der Waals surface area contributed by atoms with Crippen LogP contribution in [0.25, 0.3) is 5.69 Å². The zero-order valence-electron chi connectivity index (χ0n) is 13.8. The van der Waals surface area contributed by atoms with E-state index in [2.05, 4.69) is 10.4 Å². The number of aromatic nitrogens is 2. The van der Waals surface area contributed by atoms with Crippen molar-refractivity contribution in [3.8, 4) is 11.4 Å². The van der Waals surface area contributed by atoms with Gasteiger partial charge in [-0.3, -0.25) is 9.59 Å². The fourth-order valence-corrected chi connectivity index (χ4v) is 2.33. The number of carbonyl (C=O) groups is 2. The van der Waals surface area contributed by atoms with Crippen LogP contribution < -0.4 is 15.8 Å². The average molecular weight is 354 g/mol. The first-order chi connectivity index (χ1) is 12.5. The molecule has 2 amide bonds. The Labute approximate surface area is 148 Å². The van der Waals surface area contributed by atoms with Gasteiger partial charge >= 0.3 is 0 Å². The highest BCUT2D eigenvalue weighted by molar-refractivity contribution is 6.04. The van der Waals surface area contributed by atoms with E-state index in [1.165, 1.54) is 48.2 Å². The van der Waals surface area contributed by atoms with Gasteiger partial charge in [0.1, 0.15) is 11.6 Å². The van der Waals surface area contributed by atoms with Crippen molar-refractivity contribution in [2.24, 2.45) is 5.73 Å². The Kier molecular flexibility index (Phi) is 4.66. The summed E-state index contributed by atoms with van der Waals surface area (Å²) in [6.45, 7) is 0. The number of hydrogen-bond acceptors (Lipinski definition) is 4. The zero-order valence-corrected chi connectivity index (χ0v) is 13.8. The van der Waals surface area contributed by atoms with Crippen molar-refractivity contribution >= 4 is 17.5 Å². The molecule has 0 saturated carbocycles. The van der Waals surface area contributed by atoms with Crippen LogP contribution >= 0.6 is 0 Å². The number of methoxy groups -OCH3 is 1. The molecule has 1 aromatic heterocycles. The van der Waals surface area contributed by atoms with Crippen LogP contribution in [0.15, 0.2) is 54.7 Å². The van der Waals surface area contributed by atoms with Crippen LogP contribution in [0.2, 0.25) is 0 Å². The number of rotatable bonds is 5. The highest BCUT2D eigenvalue weighted by Gasteiger charge is 2.15. The third-order valence-electron chi connectivity index (χ3n) is 3.65. The maximum atomic E-state index is 13.0. The number of nitrogens with two attached hydrogens (primary N) is 1. The molecule has 0 aliphatic rings. The summed E-state index contributed by atoms with van der Waals surface area (Å²) in [6, 6.07) is 11.7. The summed E-state index contributed by atoms with van der Waals surface area (Å²) in [5.74, 6) is -1.10. The molecule has 1 heterocycles. The first-order valence-electron chi connectivity index (χ1n) is 7.59. The number of benzene rings is 2. The van der Waals surface area contributed by atoms with E-state index in [0.717, 1.165) is 0 Å². The molecule has 0 saturated heterocycles. The van der Waals surface area contributed by atoms with E-state index in [9.17, 15) is 14.0 Å². The maximum Gasteiger partial charge on any atom is 0.276 e. The molecule has 3 N–H and O–H groups in total. The van der Waals surface area contributed by atoms with Crippen LogP contribution in [0.3, 0.4) is 0 Å². The van der Waals surface area contributed by atoms with Crippen molar-refractivity contribution < 1.29 is 18.7 Å². The van der Waals surface area contributed by atoms with Crippen molar-refractivity contribution in [1.82, 2.24) is 9.78 Å². The van der Waals surface area contributed by atoms with E-state index in [4.69, 9.17) is 10.5 Å². The van der Waals surface area contributed by atoms with Crippen molar-refractivity contribution in [3.63, 3.8) is 0 Å². The van der Waals surface area contributed by atoms with Crippen LogP contribution in [-0.4, -0.2) is 28.7 Å². The molecule has 2 aromatic carbocycles. The van der Waals surface area contributed by atoms with Crippen LogP contribution in [-0.2, 0) is 0 Å². The molecule has 132 valence electrons. The maximum absolute atomic E-state index is 13.0. The number of halogens is 1. The number of nitrogens with one attached hydrogen (secondary N) is 1. The molecule has 0 bridgehead atoms. The van der Waals surface area contributed by atoms with Gasteiger partial charge in [0.2, 0.25) is 5.91 Å². The fraction of sp³-hybridized carbons (Fsp3) is 0.0556. The molecule has 3 rings (SSSR count). The van der Waals surface area contributed by atoms with Gasteiger partial charge in [-0.2, -0.15) is 5.10 Å². The third-order valence-corrected chi connectivity index (χ3v) is 3.65. The van der Waals surface area contributed by atoms with Gasteiger partial charge in [-0.05, 0) is 48.5 Å². The molecule has 0 unspecified atom stereocenters. The molecule has 7 nitrogen and oxygen atoms in total. The largest absolute Gasteiger partial charge is 0.495 e. The van der Waals surface area contributed by atoms with E-state index in [1.54, 1.807) is 18.3 Å². The second-order valence-corrected chi connectivity index (χ2v) is 5.36. The predicted molar refractivity (Wildman–Crippen MR) is 93.0 cm³/mol. The third kappa shape index (κ3) is 3.54. The quantitative estimate of drug-likeness (QED) is 0.735. The van der Waals surface area contributed by atoms with E-state index < -0.39 is 11.8 Å². The highest BCUT2D eigenvalue weighted by atomic mass is 19.1. The summed E-state index contributed by atoms with van der Waals surface area (Å²) >= 11 is 0. The van der Waals surface area contributed by atoms with Gasteiger partial charge in [0.15, 0.2) is 5.69 Å². The lowest BCUT2D eigenvalue weighted by Crippen LogP contribution is -2.16. The van der Waals surface area contributed by atoms with E-state index >= 15 is 0 Å². The number of hydrogen-bond donors (Lipinski definition) is 2. The fourth-order valence-electron chi connectivity index (χ4n) is 2.33. The van der Waals surface area contributed by atoms with E-state index in [-0.39, 0.29) is 17.1 Å². The lowest BCUT2D eigenvalue weighted by atomic mass is 10.1. The topological polar surface area (TPSA) is 99.2 Å². The Hall–Kier alpha value is -3.68. The van der Waals surface area contributed by atoms with Crippen LogP contribution in [0.5, 0.6) is 5.75 Å². The Balaban J connectivity index is 1.84. The van der Waals surface area contributed by atoms with Crippen molar-refractivity contribution in [2.45, 2.75) is 0 Å². The molecule has 0 aliphatic carbocycles. The van der Waals surface area contributed by atoms with Gasteiger partial charge in [-0.15, -0.1) is 0 Å². The van der Waals surface area contributed by atoms with Gasteiger partial charge < -0.3 is 15.8 Å². The number of amides is 2. The molecule has 0 radical (unpaired) electrons. The zero-order chi connectivity index (χ0) is 18.7. The van der Waals surface area contributed by atoms with E-state index in [1.807, 2.05) is 0 Å². The summed E-state index contributed by atoms with van der Waals surface area (Å²) in [5, 5.41) is 6.81. The number of anilines is 1. The number of nitrogens with zero attached hydrogens (tertiary/aromatic N) is 2. The van der Waals surface area contributed by atoms with E-state index in [0.29, 0.717) is 17.1 Å². The van der Waals surface area contributed by atoms with Gasteiger partial charge in [-0.1, -0.05) is 0 Å². The Morgan fingerprint density at radius 2 is 1.88 bits per heavy atom. The number of primary amides is 1. The summed E-state index contributed by atoms with van der Waals surface area (Å²) in [6.07, 6.45) is 1.58. The SMILES string of the molecule is COc1ccc(C(N)=O)cc1NC(=O)c1ccn(-c2ccc(F)cc2)n1. The predicted octanol–water partition coefficient (Wildman–Crippen LogP) is 2.37. The molecule has 0 atom stereocenters. The van der Waals surface area contributed by atoms with Crippen molar-refractivity contribution in [3.05, 3.63) is 71.8 Å². The van der Waals surface area contributed by atoms with Crippen LogP contribution in [0.4, 0.5) is 10.1 Å². The lowest BCUT2D eigenvalue weighted by Gasteiger charge is -2.10. The first-order valence-corrected chi connectivity index (χ1v) is 7.59. The van der Waals surface area contributed by atoms with Crippen molar-refractivity contribution in [1.29, 1.82) is 0 Å². The lowest BCUT2D eigenvalue weighted by molar-refractivity contribution is 0.0995. The van der Waals surface area contributed by atoms with Gasteiger partial charge in [0, 0.05) is 11.8 Å². The Bertz CT molecular complexity index is 967. The second kappa shape index (κ2) is 7.06. The second-order valence-electron chi connectivity index (χ2n) is 5.36. The Morgan fingerprint density at radius 3 is 2.54 bits per heavy atom. The molecule has 0 spiro atoms. The summed E-state index contributed by atoms with van der Waals surface area (Å²) in [7, 11) is 1.44. The molecular weight excluding hydrogens is 339 g/mol. The minimum atomic E-state index is -0.622. The summed E-state index contributed by atoms with van der Waals surface area (Å²) in [4.78, 5) is 23.8. The molecule has 0 fully saturated rings. The van der Waals surface area contributed by atoms with Crippen molar-refractivity contribution in [2.75, 3.05) is 12.4 Å². The molecule has 8 heteroatoms. The average Bonchev–Trinajstić information content (AvgIpc) is 3.12. The highest BCUT2D eigenvalue weighted by Crippen LogP contribution is 2.26. The normalized spacial score (nSPS) is 10.4. The van der Waals surface area contributed by atoms with Gasteiger partial charge in [0.05, 0.1) is 18.5 Å². The minimum absolute atomic E-state index is 0.140. The number of ether oxygens (including phenoxy) is 1. The first kappa shape index (κ1) is 17.2. The molecule has 3 aromatic rings. The van der Waals surface area contributed by atoms with Gasteiger partial charge in [-0.25, -0.2) is 9.07 Å². The monoisotopic (exact) mass is 354 g/mol. The van der Waals surface area contributed by atoms with Crippen LogP contribution in [0.1, 0.15) is 20.8 Å². The summed E-state index contributed by atoms with van der Waals surface area (Å²) in [5.41, 5.74) is 6.54.